The fourth-order valence-corrected chi connectivity index (χ4v) is 4.88. The lowest BCUT2D eigenvalue weighted by Crippen LogP contribution is -2.48. The first-order valence-corrected chi connectivity index (χ1v) is 10.3. The molecule has 2 aliphatic heterocycles. The van der Waals surface area contributed by atoms with E-state index in [9.17, 15) is 4.21 Å². The highest BCUT2D eigenvalue weighted by Crippen LogP contribution is 2.47. The molecule has 0 saturated carbocycles. The lowest BCUT2D eigenvalue weighted by molar-refractivity contribution is 0.00857. The van der Waals surface area contributed by atoms with E-state index in [1.54, 1.807) is 12.5 Å². The summed E-state index contributed by atoms with van der Waals surface area (Å²) < 4.78 is 28.6. The second kappa shape index (κ2) is 6.63. The molecule has 1 aromatic rings. The molecule has 1 saturated heterocycles. The molecule has 1 fully saturated rings. The Morgan fingerprint density at radius 3 is 2.67 bits per heavy atom. The molecule has 2 atom stereocenters. The summed E-state index contributed by atoms with van der Waals surface area (Å²) in [5.41, 5.74) is 9.39. The minimum atomic E-state index is -2.32. The van der Waals surface area contributed by atoms with E-state index in [4.69, 9.17) is 19.4 Å². The van der Waals surface area contributed by atoms with E-state index in [2.05, 4.69) is 10.0 Å². The highest BCUT2D eigenvalue weighted by Gasteiger charge is 2.47. The zero-order valence-electron chi connectivity index (χ0n) is 13.9. The van der Waals surface area contributed by atoms with Crippen LogP contribution in [-0.2, 0) is 14.5 Å². The Kier molecular flexibility index (Phi) is 4.71. The number of ether oxygens (including phenoxy) is 2. The minimum absolute atomic E-state index is 0.159. The van der Waals surface area contributed by atoms with Crippen molar-refractivity contribution in [3.05, 3.63) is 40.3 Å². The van der Waals surface area contributed by atoms with Crippen LogP contribution in [0, 0.1) is 5.92 Å². The number of benzene rings is 1. The van der Waals surface area contributed by atoms with Crippen LogP contribution in [0.15, 0.2) is 33.7 Å². The van der Waals surface area contributed by atoms with Crippen LogP contribution in [0.1, 0.15) is 24.4 Å². The SMILES string of the molecule is CS(C)(=O)=NC1(C2COc3ccccc3C2N=[N+]=[N-])CCOCC1. The number of rotatable bonds is 3. The molecule has 2 aliphatic rings. The van der Waals surface area contributed by atoms with Gasteiger partial charge in [-0.3, -0.25) is 4.21 Å². The average Bonchev–Trinajstić information content (AvgIpc) is 2.54. The van der Waals surface area contributed by atoms with E-state index in [0.29, 0.717) is 32.7 Å². The molecule has 7 nitrogen and oxygen atoms in total. The predicted octanol–water partition coefficient (Wildman–Crippen LogP) is 3.32. The van der Waals surface area contributed by atoms with Gasteiger partial charge in [-0.25, -0.2) is 4.36 Å². The second-order valence-corrected chi connectivity index (χ2v) is 9.14. The third-order valence-electron chi connectivity index (χ3n) is 4.66. The molecule has 0 aromatic heterocycles. The first-order chi connectivity index (χ1) is 11.5. The summed E-state index contributed by atoms with van der Waals surface area (Å²) in [7, 11) is -2.32. The summed E-state index contributed by atoms with van der Waals surface area (Å²) in [4.78, 5) is 3.06. The third kappa shape index (κ3) is 3.36. The van der Waals surface area contributed by atoms with Crippen LogP contribution in [0.2, 0.25) is 0 Å². The van der Waals surface area contributed by atoms with E-state index < -0.39 is 15.3 Å². The summed E-state index contributed by atoms with van der Waals surface area (Å²) in [6, 6.07) is 7.21. The zero-order chi connectivity index (χ0) is 17.2. The van der Waals surface area contributed by atoms with Gasteiger partial charge < -0.3 is 9.47 Å². The van der Waals surface area contributed by atoms with Crippen molar-refractivity contribution in [3.8, 4) is 5.75 Å². The molecule has 130 valence electrons. The molecular formula is C16H22N4O3S. The van der Waals surface area contributed by atoms with Crippen LogP contribution in [0.25, 0.3) is 10.4 Å². The molecule has 2 unspecified atom stereocenters. The number of fused-ring (bicyclic) bond motifs is 1. The van der Waals surface area contributed by atoms with Crippen molar-refractivity contribution in [2.75, 3.05) is 32.3 Å². The van der Waals surface area contributed by atoms with Crippen LogP contribution in [0.4, 0.5) is 0 Å². The number of hydrogen-bond acceptors (Lipinski definition) is 5. The van der Waals surface area contributed by atoms with E-state index in [1.165, 1.54) is 0 Å². The molecule has 3 rings (SSSR count). The maximum absolute atomic E-state index is 12.5. The standard InChI is InChI=1S/C16H22N4O3S/c1-24(2,21)19-16(7-9-22-10-8-16)13-11-23-14-6-4-3-5-12(14)15(13)18-20-17/h3-6,13,15H,7-11H2,1-2H3. The summed E-state index contributed by atoms with van der Waals surface area (Å²) in [6.45, 7) is 1.50. The minimum Gasteiger partial charge on any atom is -0.493 e. The lowest BCUT2D eigenvalue weighted by atomic mass is 9.72. The topological polar surface area (TPSA) is 96.7 Å². The second-order valence-electron chi connectivity index (χ2n) is 6.59. The van der Waals surface area contributed by atoms with Gasteiger partial charge in [-0.2, -0.15) is 0 Å². The Hall–Kier alpha value is -1.76. The zero-order valence-corrected chi connectivity index (χ0v) is 14.7. The Labute approximate surface area is 142 Å². The Bertz CT molecular complexity index is 767. The molecule has 0 N–H and O–H groups in total. The average molecular weight is 350 g/mol. The summed E-state index contributed by atoms with van der Waals surface area (Å²) in [6.07, 6.45) is 4.59. The summed E-state index contributed by atoms with van der Waals surface area (Å²) >= 11 is 0. The molecule has 0 radical (unpaired) electrons. The van der Waals surface area contributed by atoms with Crippen molar-refractivity contribution in [2.24, 2.45) is 15.4 Å². The van der Waals surface area contributed by atoms with Gasteiger partial charge >= 0.3 is 0 Å². The van der Waals surface area contributed by atoms with Crippen molar-refractivity contribution >= 4 is 9.73 Å². The highest BCUT2D eigenvalue weighted by molar-refractivity contribution is 7.92. The number of hydrogen-bond donors (Lipinski definition) is 0. The van der Waals surface area contributed by atoms with Gasteiger partial charge in [0.15, 0.2) is 0 Å². The fraction of sp³-hybridized carbons (Fsp3) is 0.625. The van der Waals surface area contributed by atoms with Crippen LogP contribution < -0.4 is 4.74 Å². The third-order valence-corrected chi connectivity index (χ3v) is 5.47. The van der Waals surface area contributed by atoms with Gasteiger partial charge in [0.2, 0.25) is 0 Å². The van der Waals surface area contributed by atoms with Crippen LogP contribution in [-0.4, -0.2) is 42.1 Å². The molecule has 0 aliphatic carbocycles. The summed E-state index contributed by atoms with van der Waals surface area (Å²) in [5.74, 6) is 0.579. The highest BCUT2D eigenvalue weighted by atomic mass is 32.2. The molecule has 0 bridgehead atoms. The quantitative estimate of drug-likeness (QED) is 0.475. The van der Waals surface area contributed by atoms with Gasteiger partial charge in [0.05, 0.1) is 18.2 Å². The van der Waals surface area contributed by atoms with Gasteiger partial charge in [-0.15, -0.1) is 0 Å². The van der Waals surface area contributed by atoms with E-state index >= 15 is 0 Å². The first-order valence-electron chi connectivity index (χ1n) is 7.97. The molecule has 2 heterocycles. The largest absolute Gasteiger partial charge is 0.493 e. The molecule has 0 amide bonds. The van der Waals surface area contributed by atoms with Gasteiger partial charge in [0.1, 0.15) is 5.75 Å². The van der Waals surface area contributed by atoms with Crippen molar-refractivity contribution in [1.29, 1.82) is 0 Å². The van der Waals surface area contributed by atoms with Crippen molar-refractivity contribution in [3.63, 3.8) is 0 Å². The number of azide groups is 1. The Morgan fingerprint density at radius 2 is 2.00 bits per heavy atom. The molecule has 0 spiro atoms. The van der Waals surface area contributed by atoms with Crippen LogP contribution in [0.3, 0.4) is 0 Å². The van der Waals surface area contributed by atoms with Gasteiger partial charge in [-0.05, 0) is 24.4 Å². The van der Waals surface area contributed by atoms with Gasteiger partial charge in [0, 0.05) is 51.8 Å². The lowest BCUT2D eigenvalue weighted by Gasteiger charge is -2.44. The Balaban J connectivity index is 2.10. The van der Waals surface area contributed by atoms with Crippen molar-refractivity contribution in [1.82, 2.24) is 0 Å². The fourth-order valence-electron chi connectivity index (χ4n) is 3.68. The monoisotopic (exact) mass is 350 g/mol. The van der Waals surface area contributed by atoms with Crippen LogP contribution >= 0.6 is 0 Å². The number of para-hydroxylation sites is 1. The Morgan fingerprint density at radius 1 is 1.29 bits per heavy atom. The maximum Gasteiger partial charge on any atom is 0.122 e. The van der Waals surface area contributed by atoms with E-state index in [1.807, 2.05) is 24.3 Å². The number of nitrogens with zero attached hydrogens (tertiary/aromatic N) is 4. The summed E-state index contributed by atoms with van der Waals surface area (Å²) in [5, 5.41) is 4.06. The smallest absolute Gasteiger partial charge is 0.122 e. The van der Waals surface area contributed by atoms with E-state index in [-0.39, 0.29) is 12.0 Å². The maximum atomic E-state index is 12.5. The predicted molar refractivity (Wildman–Crippen MR) is 92.5 cm³/mol. The first kappa shape index (κ1) is 17.1. The van der Waals surface area contributed by atoms with E-state index in [0.717, 1.165) is 11.3 Å². The van der Waals surface area contributed by atoms with Gasteiger partial charge in [-0.1, -0.05) is 23.3 Å². The molecule has 1 aromatic carbocycles. The van der Waals surface area contributed by atoms with Crippen molar-refractivity contribution in [2.45, 2.75) is 24.4 Å². The van der Waals surface area contributed by atoms with Crippen LogP contribution in [0.5, 0.6) is 5.75 Å². The molecule has 8 heteroatoms. The van der Waals surface area contributed by atoms with Crippen molar-refractivity contribution < 1.29 is 13.7 Å². The normalized spacial score (nSPS) is 25.8. The van der Waals surface area contributed by atoms with Gasteiger partial charge in [0.25, 0.3) is 0 Å². The molecule has 24 heavy (non-hydrogen) atoms. The molecular weight excluding hydrogens is 328 g/mol.